The summed E-state index contributed by atoms with van der Waals surface area (Å²) < 4.78 is 5.52. The molecule has 5 heteroatoms. The van der Waals surface area contributed by atoms with Gasteiger partial charge >= 0.3 is 0 Å². The lowest BCUT2D eigenvalue weighted by molar-refractivity contribution is 0.0941. The number of H-pyrrole nitrogens is 1. The van der Waals surface area contributed by atoms with Crippen molar-refractivity contribution in [2.24, 2.45) is 0 Å². The molecule has 0 saturated carbocycles. The number of rotatable bonds is 6. The van der Waals surface area contributed by atoms with E-state index in [-0.39, 0.29) is 11.9 Å². The maximum atomic E-state index is 12.9. The van der Waals surface area contributed by atoms with Crippen molar-refractivity contribution < 1.29 is 9.53 Å². The maximum absolute atomic E-state index is 12.9. The molecule has 0 bridgehead atoms. The first-order valence-electron chi connectivity index (χ1n) is 10.3. The first-order chi connectivity index (χ1) is 14.1. The molecule has 1 amide bonds. The average molecular weight is 392 g/mol. The molecule has 1 aliphatic rings. The molecule has 1 aromatic heterocycles. The van der Waals surface area contributed by atoms with E-state index in [4.69, 9.17) is 4.74 Å². The Morgan fingerprint density at radius 1 is 1.17 bits per heavy atom. The molecule has 1 aliphatic carbocycles. The van der Waals surface area contributed by atoms with Crippen LogP contribution in [-0.4, -0.2) is 43.5 Å². The van der Waals surface area contributed by atoms with Crippen LogP contribution in [0.2, 0.25) is 0 Å². The molecule has 5 nitrogen and oxygen atoms in total. The molecule has 2 aromatic carbocycles. The van der Waals surface area contributed by atoms with Crippen molar-refractivity contribution in [3.63, 3.8) is 0 Å². The minimum atomic E-state index is -0.0422. The van der Waals surface area contributed by atoms with E-state index in [0.29, 0.717) is 12.1 Å². The van der Waals surface area contributed by atoms with E-state index >= 15 is 0 Å². The summed E-state index contributed by atoms with van der Waals surface area (Å²) in [7, 11) is 5.71. The number of nitrogens with one attached hydrogen (secondary N) is 2. The lowest BCUT2D eigenvalue weighted by Crippen LogP contribution is -2.34. The van der Waals surface area contributed by atoms with Crippen molar-refractivity contribution in [1.29, 1.82) is 0 Å². The molecule has 3 aromatic rings. The second kappa shape index (κ2) is 8.29. The number of aromatic nitrogens is 1. The van der Waals surface area contributed by atoms with Crippen LogP contribution in [0.3, 0.4) is 0 Å². The molecule has 2 N–H and O–H groups in total. The number of fused-ring (bicyclic) bond motifs is 3. The van der Waals surface area contributed by atoms with Crippen molar-refractivity contribution in [3.05, 3.63) is 64.8 Å². The van der Waals surface area contributed by atoms with E-state index in [9.17, 15) is 4.79 Å². The topological polar surface area (TPSA) is 57.4 Å². The van der Waals surface area contributed by atoms with Gasteiger partial charge in [-0.05, 0) is 69.6 Å². The largest absolute Gasteiger partial charge is 0.496 e. The van der Waals surface area contributed by atoms with Crippen molar-refractivity contribution in [1.82, 2.24) is 15.2 Å². The molecule has 1 unspecified atom stereocenters. The number of carbonyl (C=O) groups is 1. The second-order valence-corrected chi connectivity index (χ2v) is 7.98. The highest BCUT2D eigenvalue weighted by Crippen LogP contribution is 2.30. The number of likely N-dealkylation sites (N-methyl/N-ethyl adjacent to an activating group) is 1. The van der Waals surface area contributed by atoms with Crippen LogP contribution in [0.5, 0.6) is 5.75 Å². The maximum Gasteiger partial charge on any atom is 0.251 e. The normalized spacial score (nSPS) is 14.6. The Hall–Kier alpha value is -2.79. The van der Waals surface area contributed by atoms with Crippen molar-refractivity contribution in [2.45, 2.75) is 31.7 Å². The molecule has 0 fully saturated rings. The predicted molar refractivity (Wildman–Crippen MR) is 117 cm³/mol. The summed E-state index contributed by atoms with van der Waals surface area (Å²) in [4.78, 5) is 18.6. The van der Waals surface area contributed by atoms with Gasteiger partial charge in [-0.2, -0.15) is 0 Å². The van der Waals surface area contributed by atoms with Gasteiger partial charge in [0.2, 0.25) is 0 Å². The highest BCUT2D eigenvalue weighted by atomic mass is 16.5. The summed E-state index contributed by atoms with van der Waals surface area (Å²) in [6.07, 6.45) is 4.66. The zero-order chi connectivity index (χ0) is 20.4. The van der Waals surface area contributed by atoms with Gasteiger partial charge in [0, 0.05) is 34.3 Å². The second-order valence-electron chi connectivity index (χ2n) is 7.98. The van der Waals surface area contributed by atoms with Crippen molar-refractivity contribution >= 4 is 16.8 Å². The van der Waals surface area contributed by atoms with E-state index in [1.54, 1.807) is 7.11 Å². The molecule has 0 saturated heterocycles. The van der Waals surface area contributed by atoms with Gasteiger partial charge in [-0.15, -0.1) is 0 Å². The number of nitrogens with zero attached hydrogens (tertiary/aromatic N) is 1. The zero-order valence-electron chi connectivity index (χ0n) is 17.4. The highest BCUT2D eigenvalue weighted by molar-refractivity contribution is 5.99. The minimum absolute atomic E-state index is 0.0267. The fourth-order valence-electron chi connectivity index (χ4n) is 4.35. The van der Waals surface area contributed by atoms with Crippen LogP contribution < -0.4 is 10.1 Å². The standard InChI is InChI=1S/C24H29N3O2/c1-27(2)22(18-9-5-7-11-23(18)29-3)15-25-24(28)16-12-13-21-19(14-16)17-8-4-6-10-20(17)26-21/h5,7,9,11-14,22,26H,4,6,8,10,15H2,1-3H3,(H,25,28). The number of para-hydroxylation sites is 1. The van der Waals surface area contributed by atoms with Crippen LogP contribution in [0.1, 0.15) is 46.1 Å². The van der Waals surface area contributed by atoms with Gasteiger partial charge in [0.05, 0.1) is 13.2 Å². The molecule has 0 radical (unpaired) electrons. The van der Waals surface area contributed by atoms with Gasteiger partial charge in [-0.1, -0.05) is 18.2 Å². The molecular weight excluding hydrogens is 362 g/mol. The molecular formula is C24H29N3O2. The number of amides is 1. The Labute approximate surface area is 172 Å². The summed E-state index contributed by atoms with van der Waals surface area (Å²) in [5.41, 5.74) is 5.64. The molecule has 0 spiro atoms. The molecule has 29 heavy (non-hydrogen) atoms. The molecule has 0 aliphatic heterocycles. The van der Waals surface area contributed by atoms with Gasteiger partial charge in [0.25, 0.3) is 5.91 Å². The van der Waals surface area contributed by atoms with Gasteiger partial charge in [0.15, 0.2) is 0 Å². The third kappa shape index (κ3) is 3.87. The third-order valence-electron chi connectivity index (χ3n) is 5.94. The Morgan fingerprint density at radius 2 is 1.97 bits per heavy atom. The Balaban J connectivity index is 1.54. The van der Waals surface area contributed by atoms with Gasteiger partial charge < -0.3 is 19.9 Å². The van der Waals surface area contributed by atoms with Crippen LogP contribution in [0, 0.1) is 0 Å². The summed E-state index contributed by atoms with van der Waals surface area (Å²) in [6.45, 7) is 0.509. The highest BCUT2D eigenvalue weighted by Gasteiger charge is 2.20. The monoisotopic (exact) mass is 391 g/mol. The van der Waals surface area contributed by atoms with Gasteiger partial charge in [0.1, 0.15) is 5.75 Å². The predicted octanol–water partition coefficient (Wildman–Crippen LogP) is 4.09. The number of benzene rings is 2. The summed E-state index contributed by atoms with van der Waals surface area (Å²) in [5, 5.41) is 4.32. The van der Waals surface area contributed by atoms with Crippen LogP contribution in [0.25, 0.3) is 10.9 Å². The van der Waals surface area contributed by atoms with Crippen molar-refractivity contribution in [2.75, 3.05) is 27.7 Å². The fraction of sp³-hybridized carbons (Fsp3) is 0.375. The van der Waals surface area contributed by atoms with Crippen molar-refractivity contribution in [3.8, 4) is 5.75 Å². The Kier molecular flexibility index (Phi) is 5.58. The Bertz CT molecular complexity index is 1020. The fourth-order valence-corrected chi connectivity index (χ4v) is 4.35. The molecule has 4 rings (SSSR count). The molecule has 1 atom stereocenters. The lowest BCUT2D eigenvalue weighted by atomic mass is 9.95. The SMILES string of the molecule is COc1ccccc1C(CNC(=O)c1ccc2[nH]c3c(c2c1)CCCC3)N(C)C. The van der Waals surface area contributed by atoms with Gasteiger partial charge in [-0.3, -0.25) is 4.79 Å². The Morgan fingerprint density at radius 3 is 2.76 bits per heavy atom. The first kappa shape index (κ1) is 19.5. The van der Waals surface area contributed by atoms with Crippen LogP contribution in [-0.2, 0) is 12.8 Å². The van der Waals surface area contributed by atoms with E-state index in [1.807, 2.05) is 56.6 Å². The quantitative estimate of drug-likeness (QED) is 0.665. The summed E-state index contributed by atoms with van der Waals surface area (Å²) in [6, 6.07) is 14.0. The van der Waals surface area contributed by atoms with Crippen LogP contribution in [0.4, 0.5) is 0 Å². The van der Waals surface area contributed by atoms with Crippen LogP contribution >= 0.6 is 0 Å². The number of aryl methyl sites for hydroxylation is 2. The van der Waals surface area contributed by atoms with E-state index in [1.165, 1.54) is 29.5 Å². The van der Waals surface area contributed by atoms with E-state index in [0.717, 1.165) is 29.7 Å². The van der Waals surface area contributed by atoms with Crippen LogP contribution in [0.15, 0.2) is 42.5 Å². The summed E-state index contributed by atoms with van der Waals surface area (Å²) in [5.74, 6) is 0.792. The summed E-state index contributed by atoms with van der Waals surface area (Å²) >= 11 is 0. The number of aromatic amines is 1. The smallest absolute Gasteiger partial charge is 0.251 e. The molecule has 1 heterocycles. The first-order valence-corrected chi connectivity index (χ1v) is 10.3. The number of hydrogen-bond donors (Lipinski definition) is 2. The number of carbonyl (C=O) groups excluding carboxylic acids is 1. The molecule has 152 valence electrons. The van der Waals surface area contributed by atoms with Gasteiger partial charge in [-0.25, -0.2) is 0 Å². The number of hydrogen-bond acceptors (Lipinski definition) is 3. The lowest BCUT2D eigenvalue weighted by Gasteiger charge is -2.26. The third-order valence-corrected chi connectivity index (χ3v) is 5.94. The average Bonchev–Trinajstić information content (AvgIpc) is 3.11. The zero-order valence-corrected chi connectivity index (χ0v) is 17.4. The number of ether oxygens (including phenoxy) is 1. The number of methoxy groups -OCH3 is 1. The van der Waals surface area contributed by atoms with E-state index in [2.05, 4.69) is 15.2 Å². The minimum Gasteiger partial charge on any atom is -0.496 e. The van der Waals surface area contributed by atoms with E-state index < -0.39 is 0 Å².